The molecule has 0 aliphatic heterocycles. The van der Waals surface area contributed by atoms with Crippen molar-refractivity contribution >= 4 is 27.6 Å². The third-order valence-electron chi connectivity index (χ3n) is 2.32. The largest absolute Gasteiger partial charge is 0.480 e. The number of benzene rings is 1. The van der Waals surface area contributed by atoms with E-state index in [0.29, 0.717) is 6.54 Å². The number of likely N-dealkylation sites (N-methyl/N-ethyl adjacent to an activating group) is 1. The molecule has 0 aliphatic carbocycles. The molecular weight excluding hydrogens is 258 g/mol. The van der Waals surface area contributed by atoms with E-state index in [1.807, 2.05) is 36.1 Å². The zero-order valence-corrected chi connectivity index (χ0v) is 10.4. The average Bonchev–Trinajstić information content (AvgIpc) is 2.21. The Morgan fingerprint density at radius 1 is 1.47 bits per heavy atom. The van der Waals surface area contributed by atoms with Crippen LogP contribution in [0.15, 0.2) is 28.7 Å². The molecule has 1 atom stereocenters. The van der Waals surface area contributed by atoms with Gasteiger partial charge in [0.15, 0.2) is 0 Å². The van der Waals surface area contributed by atoms with Crippen LogP contribution < -0.4 is 4.90 Å². The number of carbonyl (C=O) groups is 1. The molecule has 0 saturated carbocycles. The van der Waals surface area contributed by atoms with E-state index in [1.165, 1.54) is 0 Å². The Kier molecular flexibility index (Phi) is 4.15. The summed E-state index contributed by atoms with van der Waals surface area (Å²) in [5, 5.41) is 8.95. The lowest BCUT2D eigenvalue weighted by Crippen LogP contribution is -2.38. The lowest BCUT2D eigenvalue weighted by atomic mass is 10.2. The second-order valence-corrected chi connectivity index (χ2v) is 4.19. The van der Waals surface area contributed by atoms with Crippen LogP contribution in [-0.2, 0) is 4.79 Å². The lowest BCUT2D eigenvalue weighted by molar-refractivity contribution is -0.138. The quantitative estimate of drug-likeness (QED) is 0.916. The van der Waals surface area contributed by atoms with E-state index in [4.69, 9.17) is 5.11 Å². The number of nitrogens with zero attached hydrogens (tertiary/aromatic N) is 1. The lowest BCUT2D eigenvalue weighted by Gasteiger charge is -2.27. The summed E-state index contributed by atoms with van der Waals surface area (Å²) in [6, 6.07) is 7.13. The maximum atomic E-state index is 10.9. The molecular formula is C11H14BrNO2. The fourth-order valence-electron chi connectivity index (χ4n) is 1.45. The van der Waals surface area contributed by atoms with Crippen LogP contribution in [0, 0.1) is 0 Å². The highest BCUT2D eigenvalue weighted by atomic mass is 79.9. The van der Waals surface area contributed by atoms with Crippen LogP contribution in [0.4, 0.5) is 5.69 Å². The molecule has 0 radical (unpaired) electrons. The van der Waals surface area contributed by atoms with Gasteiger partial charge in [0.05, 0.1) is 0 Å². The second-order valence-electron chi connectivity index (χ2n) is 3.28. The van der Waals surface area contributed by atoms with Gasteiger partial charge in [-0.3, -0.25) is 0 Å². The van der Waals surface area contributed by atoms with E-state index in [0.717, 1.165) is 10.2 Å². The normalized spacial score (nSPS) is 12.2. The maximum Gasteiger partial charge on any atom is 0.326 e. The van der Waals surface area contributed by atoms with Crippen LogP contribution in [0.1, 0.15) is 13.8 Å². The van der Waals surface area contributed by atoms with Crippen LogP contribution >= 0.6 is 15.9 Å². The van der Waals surface area contributed by atoms with Crippen LogP contribution in [0.5, 0.6) is 0 Å². The smallest absolute Gasteiger partial charge is 0.326 e. The fraction of sp³-hybridized carbons (Fsp3) is 0.364. The van der Waals surface area contributed by atoms with E-state index in [9.17, 15) is 4.79 Å². The first-order valence-electron chi connectivity index (χ1n) is 4.81. The summed E-state index contributed by atoms with van der Waals surface area (Å²) in [5.41, 5.74) is 0.926. The van der Waals surface area contributed by atoms with Crippen molar-refractivity contribution in [2.24, 2.45) is 0 Å². The molecule has 4 heteroatoms. The highest BCUT2D eigenvalue weighted by molar-refractivity contribution is 9.10. The molecule has 82 valence electrons. The van der Waals surface area contributed by atoms with Crippen LogP contribution in [0.3, 0.4) is 0 Å². The summed E-state index contributed by atoms with van der Waals surface area (Å²) in [5.74, 6) is -0.806. The third kappa shape index (κ3) is 2.96. The standard InChI is InChI=1S/C11H14BrNO2/c1-3-13(8(2)11(14)15)10-6-4-9(12)5-7-10/h4-8H,3H2,1-2H3,(H,14,15)/t8-/m0/s1. The van der Waals surface area contributed by atoms with Crippen LogP contribution in [0.2, 0.25) is 0 Å². The Hall–Kier alpha value is -1.03. The summed E-state index contributed by atoms with van der Waals surface area (Å²) >= 11 is 3.35. The molecule has 0 heterocycles. The van der Waals surface area contributed by atoms with Gasteiger partial charge < -0.3 is 10.0 Å². The predicted octanol–water partition coefficient (Wildman–Crippen LogP) is 2.75. The summed E-state index contributed by atoms with van der Waals surface area (Å²) in [6.07, 6.45) is 0. The molecule has 0 unspecified atom stereocenters. The number of carboxylic acids is 1. The molecule has 0 aliphatic rings. The van der Waals surface area contributed by atoms with Crippen molar-refractivity contribution in [2.75, 3.05) is 11.4 Å². The molecule has 0 fully saturated rings. The SMILES string of the molecule is CCN(c1ccc(Br)cc1)[C@@H](C)C(=O)O. The number of halogens is 1. The van der Waals surface area contributed by atoms with Crippen molar-refractivity contribution < 1.29 is 9.90 Å². The first kappa shape index (κ1) is 12.0. The molecule has 0 spiro atoms. The number of rotatable bonds is 4. The van der Waals surface area contributed by atoms with Gasteiger partial charge in [0.1, 0.15) is 6.04 Å². The molecule has 1 aromatic carbocycles. The zero-order chi connectivity index (χ0) is 11.4. The minimum absolute atomic E-state index is 0.504. The van der Waals surface area contributed by atoms with Gasteiger partial charge in [0, 0.05) is 16.7 Å². The fourth-order valence-corrected chi connectivity index (χ4v) is 1.71. The van der Waals surface area contributed by atoms with Gasteiger partial charge >= 0.3 is 5.97 Å². The van der Waals surface area contributed by atoms with Gasteiger partial charge in [-0.2, -0.15) is 0 Å². The first-order chi connectivity index (χ1) is 7.06. The van der Waals surface area contributed by atoms with Crippen molar-refractivity contribution in [3.63, 3.8) is 0 Å². The Morgan fingerprint density at radius 3 is 2.40 bits per heavy atom. The monoisotopic (exact) mass is 271 g/mol. The highest BCUT2D eigenvalue weighted by Gasteiger charge is 2.18. The molecule has 0 bridgehead atoms. The first-order valence-corrected chi connectivity index (χ1v) is 5.60. The Balaban J connectivity index is 2.92. The van der Waals surface area contributed by atoms with Crippen molar-refractivity contribution in [3.05, 3.63) is 28.7 Å². The molecule has 15 heavy (non-hydrogen) atoms. The van der Waals surface area contributed by atoms with Crippen molar-refractivity contribution in [3.8, 4) is 0 Å². The molecule has 1 aromatic rings. The van der Waals surface area contributed by atoms with E-state index in [-0.39, 0.29) is 0 Å². The van der Waals surface area contributed by atoms with Crippen molar-refractivity contribution in [1.29, 1.82) is 0 Å². The number of anilines is 1. The van der Waals surface area contributed by atoms with E-state index < -0.39 is 12.0 Å². The number of hydrogen-bond acceptors (Lipinski definition) is 2. The van der Waals surface area contributed by atoms with E-state index >= 15 is 0 Å². The number of carboxylic acid groups (broad SMARTS) is 1. The second kappa shape index (κ2) is 5.16. The van der Waals surface area contributed by atoms with Crippen molar-refractivity contribution in [2.45, 2.75) is 19.9 Å². The van der Waals surface area contributed by atoms with Crippen LogP contribution in [0.25, 0.3) is 0 Å². The molecule has 0 aromatic heterocycles. The van der Waals surface area contributed by atoms with Gasteiger partial charge in [-0.05, 0) is 38.1 Å². The Labute approximate surface area is 97.8 Å². The van der Waals surface area contributed by atoms with Crippen LogP contribution in [-0.4, -0.2) is 23.7 Å². The third-order valence-corrected chi connectivity index (χ3v) is 2.85. The van der Waals surface area contributed by atoms with E-state index in [1.54, 1.807) is 6.92 Å². The van der Waals surface area contributed by atoms with Gasteiger partial charge in [0.25, 0.3) is 0 Å². The predicted molar refractivity (Wildman–Crippen MR) is 64.3 cm³/mol. The number of aliphatic carboxylic acids is 1. The topological polar surface area (TPSA) is 40.5 Å². The molecule has 3 nitrogen and oxygen atoms in total. The van der Waals surface area contributed by atoms with Gasteiger partial charge in [-0.1, -0.05) is 15.9 Å². The van der Waals surface area contributed by atoms with Gasteiger partial charge in [-0.15, -0.1) is 0 Å². The molecule has 1 rings (SSSR count). The molecule has 1 N–H and O–H groups in total. The van der Waals surface area contributed by atoms with E-state index in [2.05, 4.69) is 15.9 Å². The summed E-state index contributed by atoms with van der Waals surface area (Å²) in [6.45, 7) is 4.31. The minimum atomic E-state index is -0.806. The number of hydrogen-bond donors (Lipinski definition) is 1. The summed E-state index contributed by atoms with van der Waals surface area (Å²) in [7, 11) is 0. The zero-order valence-electron chi connectivity index (χ0n) is 8.77. The summed E-state index contributed by atoms with van der Waals surface area (Å²) in [4.78, 5) is 12.7. The molecule has 0 saturated heterocycles. The van der Waals surface area contributed by atoms with Gasteiger partial charge in [-0.25, -0.2) is 4.79 Å². The maximum absolute atomic E-state index is 10.9. The average molecular weight is 272 g/mol. The summed E-state index contributed by atoms with van der Waals surface area (Å²) < 4.78 is 0.991. The molecule has 0 amide bonds. The Bertz CT molecular complexity index is 337. The van der Waals surface area contributed by atoms with Gasteiger partial charge in [0.2, 0.25) is 0 Å². The van der Waals surface area contributed by atoms with Crippen molar-refractivity contribution in [1.82, 2.24) is 0 Å². The minimum Gasteiger partial charge on any atom is -0.480 e. The Morgan fingerprint density at radius 2 is 2.00 bits per heavy atom. The highest BCUT2D eigenvalue weighted by Crippen LogP contribution is 2.20.